The maximum Gasteiger partial charge on any atom is 0.268 e. The molecule has 0 saturated carbocycles. The Morgan fingerprint density at radius 1 is 1.40 bits per heavy atom. The van der Waals surface area contributed by atoms with Gasteiger partial charge in [0.2, 0.25) is 0 Å². The first-order valence-corrected chi connectivity index (χ1v) is 9.28. The fraction of sp³-hybridized carbons (Fsp3) is 0.263. The van der Waals surface area contributed by atoms with E-state index in [1.807, 2.05) is 42.8 Å². The quantitative estimate of drug-likeness (QED) is 0.626. The van der Waals surface area contributed by atoms with E-state index in [0.29, 0.717) is 5.69 Å². The number of fused-ring (bicyclic) bond motifs is 1. The van der Waals surface area contributed by atoms with Crippen LogP contribution in [0.5, 0.6) is 0 Å². The van der Waals surface area contributed by atoms with E-state index in [4.69, 9.17) is 5.73 Å². The number of nitrogens with zero attached hydrogens (tertiary/aromatic N) is 1. The van der Waals surface area contributed by atoms with E-state index < -0.39 is 0 Å². The van der Waals surface area contributed by atoms with Gasteiger partial charge in [0.15, 0.2) is 0 Å². The summed E-state index contributed by atoms with van der Waals surface area (Å²) in [4.78, 5) is 20.2. The lowest BCUT2D eigenvalue weighted by atomic mass is 9.87. The van der Waals surface area contributed by atoms with Gasteiger partial charge in [0.1, 0.15) is 5.69 Å². The molecular formula is C19H20N4OS. The number of nitrogens with two attached hydrogens (primary N) is 1. The van der Waals surface area contributed by atoms with E-state index >= 15 is 0 Å². The van der Waals surface area contributed by atoms with Gasteiger partial charge in [-0.2, -0.15) is 0 Å². The summed E-state index contributed by atoms with van der Waals surface area (Å²) in [6, 6.07) is 7.85. The molecule has 0 fully saturated rings. The predicted molar refractivity (Wildman–Crippen MR) is 101 cm³/mol. The first-order valence-electron chi connectivity index (χ1n) is 8.40. The number of H-pyrrole nitrogens is 1. The van der Waals surface area contributed by atoms with Crippen molar-refractivity contribution >= 4 is 22.9 Å². The van der Waals surface area contributed by atoms with Crippen molar-refractivity contribution in [3.05, 3.63) is 57.7 Å². The van der Waals surface area contributed by atoms with Gasteiger partial charge in [-0.25, -0.2) is 4.98 Å². The molecule has 2 heterocycles. The summed E-state index contributed by atoms with van der Waals surface area (Å²) in [7, 11) is 0. The van der Waals surface area contributed by atoms with E-state index in [1.54, 1.807) is 11.3 Å². The number of hydrogen-bond donors (Lipinski definition) is 3. The molecule has 0 radical (unpaired) electrons. The molecule has 3 aromatic rings. The highest BCUT2D eigenvalue weighted by Gasteiger charge is 2.23. The number of nitrogens with one attached hydrogen (secondary N) is 2. The fourth-order valence-electron chi connectivity index (χ4n) is 3.39. The van der Waals surface area contributed by atoms with Crippen molar-refractivity contribution in [3.63, 3.8) is 0 Å². The number of nitrogen functional groups attached to an aromatic ring is 1. The summed E-state index contributed by atoms with van der Waals surface area (Å²) in [5.74, 6) is -0.0899. The van der Waals surface area contributed by atoms with Crippen LogP contribution >= 0.6 is 11.3 Å². The molecular weight excluding hydrogens is 332 g/mol. The predicted octanol–water partition coefficient (Wildman–Crippen LogP) is 3.84. The molecule has 0 aliphatic heterocycles. The molecule has 1 aromatic carbocycles. The Morgan fingerprint density at radius 3 is 3.08 bits per heavy atom. The zero-order valence-electron chi connectivity index (χ0n) is 14.0. The van der Waals surface area contributed by atoms with Crippen LogP contribution in [0.2, 0.25) is 0 Å². The van der Waals surface area contributed by atoms with Crippen molar-refractivity contribution in [1.82, 2.24) is 15.3 Å². The third-order valence-corrected chi connectivity index (χ3v) is 5.40. The summed E-state index contributed by atoms with van der Waals surface area (Å²) in [5.41, 5.74) is 11.5. The number of aromatic nitrogens is 2. The molecule has 2 aromatic heterocycles. The van der Waals surface area contributed by atoms with Crippen LogP contribution < -0.4 is 11.1 Å². The van der Waals surface area contributed by atoms with Crippen molar-refractivity contribution in [2.24, 2.45) is 0 Å². The van der Waals surface area contributed by atoms with Gasteiger partial charge in [-0.15, -0.1) is 11.3 Å². The summed E-state index contributed by atoms with van der Waals surface area (Å²) in [6.45, 7) is 1.97. The lowest BCUT2D eigenvalue weighted by molar-refractivity contribution is 0.0928. The van der Waals surface area contributed by atoms with Crippen LogP contribution in [0.15, 0.2) is 35.8 Å². The van der Waals surface area contributed by atoms with Crippen molar-refractivity contribution in [3.8, 4) is 11.3 Å². The Morgan fingerprint density at radius 2 is 2.28 bits per heavy atom. The molecule has 4 N–H and O–H groups in total. The van der Waals surface area contributed by atoms with Gasteiger partial charge in [-0.1, -0.05) is 6.07 Å². The van der Waals surface area contributed by atoms with Gasteiger partial charge in [-0.05, 0) is 55.5 Å². The van der Waals surface area contributed by atoms with E-state index in [2.05, 4.69) is 15.3 Å². The molecule has 0 bridgehead atoms. The number of rotatable bonds is 3. The molecule has 0 spiro atoms. The van der Waals surface area contributed by atoms with E-state index in [9.17, 15) is 4.79 Å². The Hall–Kier alpha value is -2.60. The van der Waals surface area contributed by atoms with Gasteiger partial charge in [0, 0.05) is 22.8 Å². The average molecular weight is 352 g/mol. The molecule has 1 unspecified atom stereocenters. The second-order valence-corrected chi connectivity index (χ2v) is 7.49. The lowest BCUT2D eigenvalue weighted by Gasteiger charge is -2.26. The van der Waals surface area contributed by atoms with Gasteiger partial charge >= 0.3 is 0 Å². The number of anilines is 1. The first kappa shape index (κ1) is 15.9. The van der Waals surface area contributed by atoms with Gasteiger partial charge < -0.3 is 16.0 Å². The number of carbonyl (C=O) groups is 1. The van der Waals surface area contributed by atoms with Crippen LogP contribution in [-0.2, 0) is 6.42 Å². The van der Waals surface area contributed by atoms with Crippen molar-refractivity contribution in [2.45, 2.75) is 32.2 Å². The number of carbonyl (C=O) groups excluding carboxylic acids is 1. The van der Waals surface area contributed by atoms with Gasteiger partial charge in [0.25, 0.3) is 5.91 Å². The molecule has 6 heteroatoms. The average Bonchev–Trinajstić information content (AvgIpc) is 3.23. The topological polar surface area (TPSA) is 83.8 Å². The van der Waals surface area contributed by atoms with Gasteiger partial charge in [-0.3, -0.25) is 4.79 Å². The third kappa shape index (κ3) is 3.17. The molecule has 1 amide bonds. The van der Waals surface area contributed by atoms with Crippen molar-refractivity contribution < 1.29 is 4.79 Å². The highest BCUT2D eigenvalue weighted by Crippen LogP contribution is 2.31. The lowest BCUT2D eigenvalue weighted by Crippen LogP contribution is -2.31. The zero-order chi connectivity index (χ0) is 17.4. The minimum Gasteiger partial charge on any atom is -0.399 e. The van der Waals surface area contributed by atoms with Crippen molar-refractivity contribution in [2.75, 3.05) is 5.73 Å². The SMILES string of the molecule is Cc1nc(-c2c[nH]c(C(=O)NC3CCCc4cc(N)ccc43)c2)cs1. The van der Waals surface area contributed by atoms with Crippen LogP contribution in [-0.4, -0.2) is 15.9 Å². The highest BCUT2D eigenvalue weighted by atomic mass is 32.1. The number of aromatic amines is 1. The Bertz CT molecular complexity index is 927. The smallest absolute Gasteiger partial charge is 0.268 e. The van der Waals surface area contributed by atoms with E-state index in [-0.39, 0.29) is 11.9 Å². The Balaban J connectivity index is 1.53. The first-order chi connectivity index (χ1) is 12.1. The molecule has 0 saturated heterocycles. The number of benzene rings is 1. The third-order valence-electron chi connectivity index (χ3n) is 4.63. The molecule has 25 heavy (non-hydrogen) atoms. The molecule has 128 valence electrons. The Labute approximate surface area is 150 Å². The van der Waals surface area contributed by atoms with Crippen LogP contribution in [0.4, 0.5) is 5.69 Å². The van der Waals surface area contributed by atoms with E-state index in [0.717, 1.165) is 41.2 Å². The van der Waals surface area contributed by atoms with Crippen LogP contribution in [0.3, 0.4) is 0 Å². The number of hydrogen-bond acceptors (Lipinski definition) is 4. The molecule has 1 atom stereocenters. The van der Waals surface area contributed by atoms with Crippen molar-refractivity contribution in [1.29, 1.82) is 0 Å². The summed E-state index contributed by atoms with van der Waals surface area (Å²) >= 11 is 1.60. The fourth-order valence-corrected chi connectivity index (χ4v) is 4.01. The highest BCUT2D eigenvalue weighted by molar-refractivity contribution is 7.09. The number of aryl methyl sites for hydroxylation is 2. The maximum atomic E-state index is 12.7. The zero-order valence-corrected chi connectivity index (χ0v) is 14.8. The normalized spacial score (nSPS) is 16.4. The molecule has 5 nitrogen and oxygen atoms in total. The Kier molecular flexibility index (Phi) is 4.05. The molecule has 4 rings (SSSR count). The number of thiazole rings is 1. The number of amides is 1. The summed E-state index contributed by atoms with van der Waals surface area (Å²) in [5, 5.41) is 6.17. The molecule has 1 aliphatic rings. The summed E-state index contributed by atoms with van der Waals surface area (Å²) < 4.78 is 0. The minimum absolute atomic E-state index is 0.0325. The monoisotopic (exact) mass is 352 g/mol. The maximum absolute atomic E-state index is 12.7. The largest absolute Gasteiger partial charge is 0.399 e. The van der Waals surface area contributed by atoms with Gasteiger partial charge in [0.05, 0.1) is 16.7 Å². The van der Waals surface area contributed by atoms with E-state index in [1.165, 1.54) is 11.1 Å². The molecule has 1 aliphatic carbocycles. The van der Waals surface area contributed by atoms with Crippen LogP contribution in [0.1, 0.15) is 45.5 Å². The second kappa shape index (κ2) is 6.37. The van der Waals surface area contributed by atoms with Crippen LogP contribution in [0.25, 0.3) is 11.3 Å². The minimum atomic E-state index is -0.0899. The van der Waals surface area contributed by atoms with Crippen LogP contribution in [0, 0.1) is 6.92 Å². The summed E-state index contributed by atoms with van der Waals surface area (Å²) in [6.07, 6.45) is 4.85. The standard InChI is InChI=1S/C19H20N4OS/c1-11-22-18(10-25-11)13-8-17(21-9-13)19(24)23-16-4-2-3-12-7-14(20)5-6-15(12)16/h5-10,16,21H,2-4,20H2,1H3,(H,23,24). The second-order valence-electron chi connectivity index (χ2n) is 6.43.